The van der Waals surface area contributed by atoms with E-state index in [4.69, 9.17) is 4.74 Å². The minimum atomic E-state index is -0.984. The second-order valence-corrected chi connectivity index (χ2v) is 10.6. The summed E-state index contributed by atoms with van der Waals surface area (Å²) in [6.45, 7) is 3.46. The largest absolute Gasteiger partial charge is 0.454 e. The highest BCUT2D eigenvalue weighted by molar-refractivity contribution is 6.08. The molecule has 5 rings (SSSR count). The molecule has 5 fully saturated rings. The van der Waals surface area contributed by atoms with E-state index >= 15 is 0 Å². The molecule has 172 valence electrons. The van der Waals surface area contributed by atoms with Gasteiger partial charge in [0.25, 0.3) is 11.8 Å². The molecule has 1 heterocycles. The zero-order chi connectivity index (χ0) is 22.2. The van der Waals surface area contributed by atoms with Gasteiger partial charge in [-0.1, -0.05) is 19.8 Å². The minimum Gasteiger partial charge on any atom is -0.454 e. The average molecular weight is 434 g/mol. The second kappa shape index (κ2) is 8.43. The smallest absolute Gasteiger partial charge is 0.326 e. The number of imide groups is 1. The summed E-state index contributed by atoms with van der Waals surface area (Å²) >= 11 is 0. The van der Waals surface area contributed by atoms with Crippen LogP contribution in [0.15, 0.2) is 0 Å². The molecule has 4 bridgehead atoms. The van der Waals surface area contributed by atoms with Crippen LogP contribution in [-0.4, -0.2) is 54.0 Å². The van der Waals surface area contributed by atoms with Crippen molar-refractivity contribution < 1.29 is 23.9 Å². The number of amides is 4. The molecule has 8 heteroatoms. The first kappa shape index (κ1) is 22.1. The molecule has 0 aromatic heterocycles. The first-order valence-electron chi connectivity index (χ1n) is 11.8. The van der Waals surface area contributed by atoms with Gasteiger partial charge in [0.1, 0.15) is 12.1 Å². The van der Waals surface area contributed by atoms with Crippen LogP contribution in [0.25, 0.3) is 0 Å². The molecule has 5 aliphatic rings. The van der Waals surface area contributed by atoms with Crippen LogP contribution < -0.4 is 10.6 Å². The fourth-order valence-corrected chi connectivity index (χ4v) is 6.75. The van der Waals surface area contributed by atoms with Gasteiger partial charge in [0.05, 0.1) is 0 Å². The number of nitrogens with zero attached hydrogens (tertiary/aromatic N) is 1. The number of rotatable bonds is 9. The predicted octanol–water partition coefficient (Wildman–Crippen LogP) is 2.36. The number of carbonyl (C=O) groups is 4. The fraction of sp³-hybridized carbons (Fsp3) is 0.826. The van der Waals surface area contributed by atoms with Gasteiger partial charge < -0.3 is 15.4 Å². The number of hydrogen-bond acceptors (Lipinski definition) is 5. The Labute approximate surface area is 183 Å². The van der Waals surface area contributed by atoms with E-state index in [2.05, 4.69) is 10.6 Å². The van der Waals surface area contributed by atoms with Crippen LogP contribution in [0.5, 0.6) is 0 Å². The normalized spacial score (nSPS) is 35.9. The summed E-state index contributed by atoms with van der Waals surface area (Å²) < 4.78 is 5.06. The summed E-state index contributed by atoms with van der Waals surface area (Å²) in [7, 11) is 0. The van der Waals surface area contributed by atoms with Gasteiger partial charge in [0.15, 0.2) is 6.61 Å². The van der Waals surface area contributed by atoms with E-state index in [0.717, 1.165) is 35.5 Å². The Morgan fingerprint density at radius 3 is 2.32 bits per heavy atom. The van der Waals surface area contributed by atoms with Gasteiger partial charge in [0.2, 0.25) is 0 Å². The quantitative estimate of drug-likeness (QED) is 0.429. The molecule has 4 saturated carbocycles. The summed E-state index contributed by atoms with van der Waals surface area (Å²) in [5.41, 5.74) is -0.764. The van der Waals surface area contributed by atoms with E-state index in [0.29, 0.717) is 13.0 Å². The minimum absolute atomic E-state index is 0.220. The summed E-state index contributed by atoms with van der Waals surface area (Å²) in [5.74, 6) is 0.936. The highest BCUT2D eigenvalue weighted by atomic mass is 16.5. The third-order valence-corrected chi connectivity index (χ3v) is 7.85. The van der Waals surface area contributed by atoms with Crippen molar-refractivity contribution in [2.24, 2.45) is 23.2 Å². The Hall–Kier alpha value is -2.12. The Morgan fingerprint density at radius 1 is 1.13 bits per heavy atom. The van der Waals surface area contributed by atoms with Crippen LogP contribution in [0.2, 0.25) is 0 Å². The standard InChI is InChI=1S/C23H35N3O5/c1-3-4-5-22(2)20(29)26(21(30)25-22)12-19(28)31-13-18(27)24-14-23-9-15-6-16(10-23)8-17(7-15)11-23/h15-17H,3-14H2,1-2H3,(H,24,27)(H,25,30)/t15?,16?,17?,22-,23?/m0/s1. The Bertz CT molecular complexity index is 731. The van der Waals surface area contributed by atoms with E-state index in [1.807, 2.05) is 6.92 Å². The SMILES string of the molecule is CCCC[C@]1(C)NC(=O)N(CC(=O)OCC(=O)NCC23CC4CC(CC(C4)C2)C3)C1=O. The first-order valence-corrected chi connectivity index (χ1v) is 11.8. The van der Waals surface area contributed by atoms with Crippen molar-refractivity contribution in [1.82, 2.24) is 15.5 Å². The molecule has 0 aromatic carbocycles. The number of hydrogen-bond donors (Lipinski definition) is 2. The molecule has 4 amide bonds. The zero-order valence-corrected chi connectivity index (χ0v) is 18.7. The van der Waals surface area contributed by atoms with Crippen LogP contribution in [0.3, 0.4) is 0 Å². The van der Waals surface area contributed by atoms with Crippen molar-refractivity contribution in [3.05, 3.63) is 0 Å². The lowest BCUT2D eigenvalue weighted by molar-refractivity contribution is -0.151. The first-order chi connectivity index (χ1) is 14.7. The molecule has 0 aromatic rings. The topological polar surface area (TPSA) is 105 Å². The number of carbonyl (C=O) groups excluding carboxylic acids is 4. The number of esters is 1. The van der Waals surface area contributed by atoms with E-state index in [9.17, 15) is 19.2 Å². The van der Waals surface area contributed by atoms with Gasteiger partial charge in [0, 0.05) is 6.54 Å². The number of nitrogens with one attached hydrogen (secondary N) is 2. The van der Waals surface area contributed by atoms with Crippen molar-refractivity contribution in [1.29, 1.82) is 0 Å². The van der Waals surface area contributed by atoms with Crippen LogP contribution in [-0.2, 0) is 19.1 Å². The van der Waals surface area contributed by atoms with Crippen LogP contribution in [0, 0.1) is 23.2 Å². The van der Waals surface area contributed by atoms with Crippen LogP contribution in [0.4, 0.5) is 4.79 Å². The Balaban J connectivity index is 1.21. The highest BCUT2D eigenvalue weighted by Crippen LogP contribution is 2.59. The highest BCUT2D eigenvalue weighted by Gasteiger charge is 2.51. The van der Waals surface area contributed by atoms with Gasteiger partial charge in [-0.3, -0.25) is 19.3 Å². The molecule has 0 spiro atoms. The molecule has 0 unspecified atom stereocenters. The number of urea groups is 1. The van der Waals surface area contributed by atoms with Crippen molar-refractivity contribution in [3.63, 3.8) is 0 Å². The van der Waals surface area contributed by atoms with Gasteiger partial charge in [-0.25, -0.2) is 4.79 Å². The van der Waals surface area contributed by atoms with Crippen LogP contribution in [0.1, 0.15) is 71.6 Å². The molecule has 2 N–H and O–H groups in total. The monoisotopic (exact) mass is 433 g/mol. The lowest BCUT2D eigenvalue weighted by Gasteiger charge is -2.56. The summed E-state index contributed by atoms with van der Waals surface area (Å²) in [6, 6.07) is -0.591. The predicted molar refractivity (Wildman–Crippen MR) is 113 cm³/mol. The number of ether oxygens (including phenoxy) is 1. The Morgan fingerprint density at radius 2 is 1.74 bits per heavy atom. The molecule has 1 saturated heterocycles. The summed E-state index contributed by atoms with van der Waals surface area (Å²) in [6.07, 6.45) is 9.86. The van der Waals surface area contributed by atoms with Crippen molar-refractivity contribution in [3.8, 4) is 0 Å². The average Bonchev–Trinajstić information content (AvgIpc) is 2.91. The fourth-order valence-electron chi connectivity index (χ4n) is 6.75. The van der Waals surface area contributed by atoms with Gasteiger partial charge in [-0.05, 0) is 75.0 Å². The van der Waals surface area contributed by atoms with Gasteiger partial charge >= 0.3 is 12.0 Å². The van der Waals surface area contributed by atoms with Gasteiger partial charge in [-0.15, -0.1) is 0 Å². The maximum Gasteiger partial charge on any atom is 0.326 e. The van der Waals surface area contributed by atoms with Crippen molar-refractivity contribution in [2.45, 2.75) is 77.2 Å². The molecule has 8 nitrogen and oxygen atoms in total. The van der Waals surface area contributed by atoms with E-state index < -0.39 is 30.0 Å². The zero-order valence-electron chi connectivity index (χ0n) is 18.7. The molecular formula is C23H35N3O5. The summed E-state index contributed by atoms with van der Waals surface area (Å²) in [5, 5.41) is 5.64. The third kappa shape index (κ3) is 4.58. The second-order valence-electron chi connectivity index (χ2n) is 10.6. The molecule has 0 radical (unpaired) electrons. The van der Waals surface area contributed by atoms with Crippen molar-refractivity contribution in [2.75, 3.05) is 19.7 Å². The molecule has 1 aliphatic heterocycles. The lowest BCUT2D eigenvalue weighted by atomic mass is 9.49. The Kier molecular flexibility index (Phi) is 6.01. The maximum absolute atomic E-state index is 12.6. The summed E-state index contributed by atoms with van der Waals surface area (Å²) in [4.78, 5) is 50.1. The van der Waals surface area contributed by atoms with E-state index in [-0.39, 0.29) is 17.9 Å². The van der Waals surface area contributed by atoms with Crippen LogP contribution >= 0.6 is 0 Å². The molecule has 4 aliphatic carbocycles. The molecular weight excluding hydrogens is 398 g/mol. The van der Waals surface area contributed by atoms with E-state index in [1.165, 1.54) is 38.5 Å². The van der Waals surface area contributed by atoms with Crippen molar-refractivity contribution >= 4 is 23.8 Å². The van der Waals surface area contributed by atoms with E-state index in [1.54, 1.807) is 6.92 Å². The maximum atomic E-state index is 12.6. The van der Waals surface area contributed by atoms with Gasteiger partial charge in [-0.2, -0.15) is 0 Å². The molecule has 31 heavy (non-hydrogen) atoms. The number of unbranched alkanes of at least 4 members (excludes halogenated alkanes) is 1. The molecule has 1 atom stereocenters. The third-order valence-electron chi connectivity index (χ3n) is 7.85. The lowest BCUT2D eigenvalue weighted by Crippen LogP contribution is -2.51.